The Morgan fingerprint density at radius 2 is 2.20 bits per heavy atom. The highest BCUT2D eigenvalue weighted by Gasteiger charge is 2.37. The number of urea groups is 1. The molecule has 1 aromatic carbocycles. The molecule has 2 amide bonds. The van der Waals surface area contributed by atoms with Gasteiger partial charge in [0.1, 0.15) is 12.4 Å². The molecule has 0 spiro atoms. The van der Waals surface area contributed by atoms with E-state index >= 15 is 0 Å². The lowest BCUT2D eigenvalue weighted by Crippen LogP contribution is -2.46. The second-order valence-corrected chi connectivity index (χ2v) is 7.21. The van der Waals surface area contributed by atoms with Crippen LogP contribution in [0.2, 0.25) is 5.02 Å². The van der Waals surface area contributed by atoms with E-state index in [-0.39, 0.29) is 22.8 Å². The van der Waals surface area contributed by atoms with Gasteiger partial charge in [0.05, 0.1) is 11.6 Å². The molecule has 5 nitrogen and oxygen atoms in total. The van der Waals surface area contributed by atoms with Crippen molar-refractivity contribution < 1.29 is 18.7 Å². The minimum Gasteiger partial charge on any atom is -0.461 e. The van der Waals surface area contributed by atoms with Crippen LogP contribution in [0.1, 0.15) is 25.5 Å². The van der Waals surface area contributed by atoms with E-state index in [9.17, 15) is 14.0 Å². The number of allylic oxidation sites excluding steroid dienone is 1. The summed E-state index contributed by atoms with van der Waals surface area (Å²) in [6.07, 6.45) is 0. The summed E-state index contributed by atoms with van der Waals surface area (Å²) in [6.45, 7) is 3.88. The molecule has 0 unspecified atom stereocenters. The van der Waals surface area contributed by atoms with Gasteiger partial charge in [0.2, 0.25) is 0 Å². The fourth-order valence-electron chi connectivity index (χ4n) is 2.52. The van der Waals surface area contributed by atoms with Gasteiger partial charge in [-0.1, -0.05) is 24.6 Å². The number of rotatable bonds is 6. The first kappa shape index (κ1) is 19.6. The smallest absolute Gasteiger partial charge is 0.338 e. The van der Waals surface area contributed by atoms with Crippen LogP contribution in [0.25, 0.3) is 0 Å². The topological polar surface area (TPSA) is 58.6 Å². The average Bonchev–Trinajstić information content (AvgIpc) is 2.56. The third kappa shape index (κ3) is 4.27. The van der Waals surface area contributed by atoms with Crippen molar-refractivity contribution in [3.8, 4) is 0 Å². The number of amides is 2. The summed E-state index contributed by atoms with van der Waals surface area (Å²) in [5.41, 5.74) is 0.636. The fourth-order valence-corrected chi connectivity index (χ4v) is 3.28. The lowest BCUT2D eigenvalue weighted by Gasteiger charge is -2.33. The Morgan fingerprint density at radius 1 is 1.48 bits per heavy atom. The molecule has 0 radical (unpaired) electrons. The standard InChI is InChI=1S/C17H20ClFN2O3S/c1-4-25-9-8-24-16(22)13-10(2)21(3)17(23)20-15(13)14-11(18)6-5-7-12(14)19/h5-7,15H,4,8-9H2,1-3H3,(H,20,23)/t15-/m0/s1. The first-order chi connectivity index (χ1) is 11.9. The number of nitrogens with one attached hydrogen (secondary N) is 1. The van der Waals surface area contributed by atoms with Crippen molar-refractivity contribution in [2.75, 3.05) is 25.2 Å². The Balaban J connectivity index is 2.39. The molecule has 136 valence electrons. The van der Waals surface area contributed by atoms with Crippen molar-refractivity contribution in [1.82, 2.24) is 10.2 Å². The quantitative estimate of drug-likeness (QED) is 0.597. The van der Waals surface area contributed by atoms with Gasteiger partial charge >= 0.3 is 12.0 Å². The van der Waals surface area contributed by atoms with E-state index in [1.54, 1.807) is 18.7 Å². The number of hydrogen-bond donors (Lipinski definition) is 1. The molecule has 1 aliphatic rings. The van der Waals surface area contributed by atoms with Crippen LogP contribution in [0.15, 0.2) is 29.5 Å². The third-order valence-corrected chi connectivity index (χ3v) is 5.12. The van der Waals surface area contributed by atoms with Crippen LogP contribution in [-0.2, 0) is 9.53 Å². The number of carbonyl (C=O) groups excluding carboxylic acids is 2. The van der Waals surface area contributed by atoms with E-state index < -0.39 is 23.9 Å². The minimum absolute atomic E-state index is 0.0554. The second kappa shape index (κ2) is 8.58. The third-order valence-electron chi connectivity index (χ3n) is 3.93. The van der Waals surface area contributed by atoms with Crippen molar-refractivity contribution in [3.63, 3.8) is 0 Å². The van der Waals surface area contributed by atoms with Gasteiger partial charge < -0.3 is 15.0 Å². The zero-order chi connectivity index (χ0) is 18.6. The number of ether oxygens (including phenoxy) is 1. The van der Waals surface area contributed by atoms with Crippen LogP contribution < -0.4 is 5.32 Å². The maximum Gasteiger partial charge on any atom is 0.338 e. The van der Waals surface area contributed by atoms with E-state index in [4.69, 9.17) is 16.3 Å². The van der Waals surface area contributed by atoms with Gasteiger partial charge in [-0.3, -0.25) is 0 Å². The lowest BCUT2D eigenvalue weighted by molar-refractivity contribution is -0.139. The number of carbonyl (C=O) groups is 2. The summed E-state index contributed by atoms with van der Waals surface area (Å²) in [4.78, 5) is 26.0. The first-order valence-corrected chi connectivity index (χ1v) is 9.35. The highest BCUT2D eigenvalue weighted by atomic mass is 35.5. The molecule has 1 N–H and O–H groups in total. The summed E-state index contributed by atoms with van der Waals surface area (Å²) in [5.74, 6) is 0.403. The predicted octanol–water partition coefficient (Wildman–Crippen LogP) is 3.75. The van der Waals surface area contributed by atoms with E-state index in [1.165, 1.54) is 30.1 Å². The lowest BCUT2D eigenvalue weighted by atomic mass is 9.94. The van der Waals surface area contributed by atoms with E-state index in [1.807, 2.05) is 6.92 Å². The molecule has 2 rings (SSSR count). The molecule has 0 saturated heterocycles. The molecule has 1 heterocycles. The molecular formula is C17H20ClFN2O3S. The highest BCUT2D eigenvalue weighted by Crippen LogP contribution is 2.35. The monoisotopic (exact) mass is 386 g/mol. The summed E-state index contributed by atoms with van der Waals surface area (Å²) in [5, 5.41) is 2.76. The van der Waals surface area contributed by atoms with Crippen LogP contribution in [-0.4, -0.2) is 42.1 Å². The molecule has 8 heteroatoms. The number of esters is 1. The van der Waals surface area contributed by atoms with Crippen LogP contribution in [0.4, 0.5) is 9.18 Å². The Bertz CT molecular complexity index is 691. The van der Waals surface area contributed by atoms with Crippen molar-refractivity contribution in [3.05, 3.63) is 45.9 Å². The van der Waals surface area contributed by atoms with E-state index in [0.717, 1.165) is 5.75 Å². The number of hydrogen-bond acceptors (Lipinski definition) is 4. The van der Waals surface area contributed by atoms with Gasteiger partial charge in [0.15, 0.2) is 0 Å². The summed E-state index contributed by atoms with van der Waals surface area (Å²) in [7, 11) is 1.53. The molecule has 1 aromatic rings. The van der Waals surface area contributed by atoms with Crippen LogP contribution in [0.3, 0.4) is 0 Å². The van der Waals surface area contributed by atoms with Gasteiger partial charge in [-0.05, 0) is 24.8 Å². The molecular weight excluding hydrogens is 367 g/mol. The van der Waals surface area contributed by atoms with Gasteiger partial charge in [0.25, 0.3) is 0 Å². The SMILES string of the molecule is CCSCCOC(=O)C1=C(C)N(C)C(=O)N[C@@H]1c1c(F)cccc1Cl. The number of halogens is 2. The predicted molar refractivity (Wildman–Crippen MR) is 97.1 cm³/mol. The summed E-state index contributed by atoms with van der Waals surface area (Å²) < 4.78 is 19.7. The van der Waals surface area contributed by atoms with E-state index in [2.05, 4.69) is 5.32 Å². The Morgan fingerprint density at radius 3 is 2.84 bits per heavy atom. The van der Waals surface area contributed by atoms with Gasteiger partial charge in [0, 0.05) is 29.1 Å². The average molecular weight is 387 g/mol. The zero-order valence-corrected chi connectivity index (χ0v) is 15.8. The molecule has 0 fully saturated rings. The Kier molecular flexibility index (Phi) is 6.72. The van der Waals surface area contributed by atoms with Crippen molar-refractivity contribution >= 4 is 35.4 Å². The van der Waals surface area contributed by atoms with Gasteiger partial charge in [-0.2, -0.15) is 11.8 Å². The number of benzene rings is 1. The minimum atomic E-state index is -0.997. The van der Waals surface area contributed by atoms with Crippen molar-refractivity contribution in [2.45, 2.75) is 19.9 Å². The number of nitrogens with zero attached hydrogens (tertiary/aromatic N) is 1. The summed E-state index contributed by atoms with van der Waals surface area (Å²) >= 11 is 7.77. The molecule has 0 aromatic heterocycles. The van der Waals surface area contributed by atoms with Crippen LogP contribution in [0, 0.1) is 5.82 Å². The maximum atomic E-state index is 14.3. The zero-order valence-electron chi connectivity index (χ0n) is 14.3. The number of thioether (sulfide) groups is 1. The Hall–Kier alpha value is -1.73. The van der Waals surface area contributed by atoms with Crippen LogP contribution in [0.5, 0.6) is 0 Å². The molecule has 1 aliphatic heterocycles. The van der Waals surface area contributed by atoms with Crippen LogP contribution >= 0.6 is 23.4 Å². The first-order valence-electron chi connectivity index (χ1n) is 7.82. The molecule has 0 bridgehead atoms. The molecule has 25 heavy (non-hydrogen) atoms. The molecule has 0 saturated carbocycles. The van der Waals surface area contributed by atoms with Gasteiger partial charge in [-0.25, -0.2) is 14.0 Å². The molecule has 0 aliphatic carbocycles. The normalized spacial score (nSPS) is 17.6. The molecule has 1 atom stereocenters. The second-order valence-electron chi connectivity index (χ2n) is 5.41. The van der Waals surface area contributed by atoms with E-state index in [0.29, 0.717) is 11.4 Å². The highest BCUT2D eigenvalue weighted by molar-refractivity contribution is 7.99. The maximum absolute atomic E-state index is 14.3. The fraction of sp³-hybridized carbons (Fsp3) is 0.412. The van der Waals surface area contributed by atoms with Crippen molar-refractivity contribution in [1.29, 1.82) is 0 Å². The summed E-state index contributed by atoms with van der Waals surface area (Å²) in [6, 6.07) is 2.78. The Labute approximate surface area is 155 Å². The van der Waals surface area contributed by atoms with Gasteiger partial charge in [-0.15, -0.1) is 0 Å². The largest absolute Gasteiger partial charge is 0.461 e. The van der Waals surface area contributed by atoms with Crippen molar-refractivity contribution in [2.24, 2.45) is 0 Å².